The van der Waals surface area contributed by atoms with E-state index in [1.165, 1.54) is 0 Å². The van der Waals surface area contributed by atoms with E-state index in [0.717, 1.165) is 12.1 Å². The largest absolute Gasteiger partial charge is 0.347 e. The average molecular weight is 296 g/mol. The molecule has 112 valence electrons. The molecular weight excluding hydrogens is 280 g/mol. The van der Waals surface area contributed by atoms with Gasteiger partial charge >= 0.3 is 0 Å². The molecule has 0 amide bonds. The van der Waals surface area contributed by atoms with Gasteiger partial charge in [-0.05, 0) is 24.6 Å². The Balaban J connectivity index is 2.00. The monoisotopic (exact) mass is 296 g/mol. The maximum Gasteiger partial charge on any atom is 0.272 e. The summed E-state index contributed by atoms with van der Waals surface area (Å²) in [5.41, 5.74) is 0.0958. The standard InChI is InChI=1S/C16H16N4O2/c21-15-13(8-11-4-2-1-3-5-11)19-16(22)14(20-15)9-12-6-7-17-10-18-12/h1-4,6,8-11H,5,7H2,(H,17,18)(H,19,22)(H,20,21)/b13-8-,14-9-. The molecule has 0 radical (unpaired) electrons. The van der Waals surface area contributed by atoms with Crippen LogP contribution in [-0.4, -0.2) is 22.9 Å². The van der Waals surface area contributed by atoms with E-state index in [-0.39, 0.29) is 22.4 Å². The van der Waals surface area contributed by atoms with Crippen LogP contribution in [0.3, 0.4) is 0 Å². The SMILES string of the molecule is O=c1[nH]/c(=C\C2C=CC=CC2)c(=O)[nH]/c1=C\C1=CCN=CN1. The number of aromatic amines is 2. The Bertz CT molecular complexity index is 913. The lowest BCUT2D eigenvalue weighted by Crippen LogP contribution is -2.47. The van der Waals surface area contributed by atoms with Gasteiger partial charge in [0.15, 0.2) is 0 Å². The third-order valence-electron chi connectivity index (χ3n) is 3.42. The van der Waals surface area contributed by atoms with E-state index in [9.17, 15) is 9.59 Å². The van der Waals surface area contributed by atoms with E-state index < -0.39 is 0 Å². The maximum absolute atomic E-state index is 12.1. The predicted octanol–water partition coefficient (Wildman–Crippen LogP) is -0.728. The molecule has 0 spiro atoms. The highest BCUT2D eigenvalue weighted by Crippen LogP contribution is 2.11. The Hall–Kier alpha value is -2.89. The van der Waals surface area contributed by atoms with Crippen LogP contribution in [0.4, 0.5) is 0 Å². The summed E-state index contributed by atoms with van der Waals surface area (Å²) in [7, 11) is 0. The smallest absolute Gasteiger partial charge is 0.272 e. The van der Waals surface area contributed by atoms with Gasteiger partial charge in [0, 0.05) is 11.6 Å². The maximum atomic E-state index is 12.1. The minimum absolute atomic E-state index is 0.121. The zero-order chi connectivity index (χ0) is 15.4. The lowest BCUT2D eigenvalue weighted by Gasteiger charge is -2.06. The Kier molecular flexibility index (Phi) is 4.00. The highest BCUT2D eigenvalue weighted by molar-refractivity contribution is 5.64. The van der Waals surface area contributed by atoms with Crippen molar-refractivity contribution in [1.29, 1.82) is 0 Å². The van der Waals surface area contributed by atoms with Gasteiger partial charge in [-0.25, -0.2) is 0 Å². The first-order valence-corrected chi connectivity index (χ1v) is 7.07. The number of aromatic nitrogens is 2. The first-order valence-electron chi connectivity index (χ1n) is 7.07. The summed E-state index contributed by atoms with van der Waals surface area (Å²) in [6.07, 6.45) is 15.5. The van der Waals surface area contributed by atoms with E-state index in [4.69, 9.17) is 0 Å². The lowest BCUT2D eigenvalue weighted by atomic mass is 10.0. The van der Waals surface area contributed by atoms with Gasteiger partial charge in [-0.2, -0.15) is 0 Å². The summed E-state index contributed by atoms with van der Waals surface area (Å²) in [5.74, 6) is 0.121. The van der Waals surface area contributed by atoms with Crippen molar-refractivity contribution < 1.29 is 0 Å². The van der Waals surface area contributed by atoms with E-state index in [0.29, 0.717) is 11.9 Å². The van der Waals surface area contributed by atoms with Crippen LogP contribution in [0.15, 0.2) is 50.7 Å². The number of nitrogens with one attached hydrogen (secondary N) is 3. The molecule has 1 unspecified atom stereocenters. The molecule has 1 aliphatic carbocycles. The van der Waals surface area contributed by atoms with Crippen molar-refractivity contribution in [3.63, 3.8) is 0 Å². The molecule has 1 aromatic heterocycles. The minimum atomic E-state index is -0.327. The number of nitrogens with zero attached hydrogens (tertiary/aromatic N) is 1. The normalized spacial score (nSPS) is 21.8. The average Bonchev–Trinajstić information content (AvgIpc) is 2.54. The molecule has 2 aliphatic rings. The van der Waals surface area contributed by atoms with Crippen molar-refractivity contribution in [3.8, 4) is 0 Å². The third-order valence-corrected chi connectivity index (χ3v) is 3.42. The van der Waals surface area contributed by atoms with Gasteiger partial charge in [0.2, 0.25) is 0 Å². The Morgan fingerprint density at radius 1 is 1.14 bits per heavy atom. The van der Waals surface area contributed by atoms with Crippen molar-refractivity contribution in [2.24, 2.45) is 10.9 Å². The molecular formula is C16H16N4O2. The highest BCUT2D eigenvalue weighted by atomic mass is 16.1. The Labute approximate surface area is 126 Å². The van der Waals surface area contributed by atoms with Crippen LogP contribution in [-0.2, 0) is 0 Å². The number of allylic oxidation sites excluding steroid dienone is 5. The van der Waals surface area contributed by atoms with Gasteiger partial charge in [0.1, 0.15) is 10.7 Å². The summed E-state index contributed by atoms with van der Waals surface area (Å²) in [5, 5.41) is 3.42. The fourth-order valence-electron chi connectivity index (χ4n) is 2.29. The van der Waals surface area contributed by atoms with Crippen LogP contribution in [0.1, 0.15) is 6.42 Å². The lowest BCUT2D eigenvalue weighted by molar-refractivity contribution is 0.854. The van der Waals surface area contributed by atoms with Gasteiger partial charge in [-0.15, -0.1) is 0 Å². The van der Waals surface area contributed by atoms with Crippen molar-refractivity contribution >= 4 is 18.5 Å². The zero-order valence-corrected chi connectivity index (χ0v) is 11.9. The number of rotatable bonds is 2. The van der Waals surface area contributed by atoms with Gasteiger partial charge in [-0.1, -0.05) is 24.3 Å². The molecule has 6 nitrogen and oxygen atoms in total. The molecule has 1 atom stereocenters. The molecule has 6 heteroatoms. The van der Waals surface area contributed by atoms with Gasteiger partial charge in [0.25, 0.3) is 11.1 Å². The number of hydrogen-bond donors (Lipinski definition) is 3. The minimum Gasteiger partial charge on any atom is -0.347 e. The number of H-pyrrole nitrogens is 2. The molecule has 2 heterocycles. The van der Waals surface area contributed by atoms with Gasteiger partial charge in [0.05, 0.1) is 12.9 Å². The van der Waals surface area contributed by atoms with Crippen molar-refractivity contribution in [2.75, 3.05) is 6.54 Å². The summed E-state index contributed by atoms with van der Waals surface area (Å²) < 4.78 is 0. The van der Waals surface area contributed by atoms with Crippen LogP contribution in [0.2, 0.25) is 0 Å². The highest BCUT2D eigenvalue weighted by Gasteiger charge is 2.03. The van der Waals surface area contributed by atoms with Crippen LogP contribution in [0, 0.1) is 5.92 Å². The molecule has 3 N–H and O–H groups in total. The molecule has 0 aromatic carbocycles. The van der Waals surface area contributed by atoms with E-state index in [1.807, 2.05) is 30.4 Å². The third kappa shape index (κ3) is 3.22. The molecule has 1 aliphatic heterocycles. The van der Waals surface area contributed by atoms with E-state index in [2.05, 4.69) is 20.3 Å². The molecule has 0 saturated carbocycles. The second kappa shape index (κ2) is 6.26. The summed E-state index contributed by atoms with van der Waals surface area (Å²) >= 11 is 0. The number of hydrogen-bond acceptors (Lipinski definition) is 4. The molecule has 22 heavy (non-hydrogen) atoms. The predicted molar refractivity (Wildman–Crippen MR) is 86.8 cm³/mol. The van der Waals surface area contributed by atoms with Crippen molar-refractivity contribution in [1.82, 2.24) is 15.3 Å². The van der Waals surface area contributed by atoms with Crippen molar-refractivity contribution in [2.45, 2.75) is 6.42 Å². The Morgan fingerprint density at radius 2 is 1.95 bits per heavy atom. The fourth-order valence-corrected chi connectivity index (χ4v) is 2.29. The van der Waals surface area contributed by atoms with Crippen molar-refractivity contribution in [3.05, 3.63) is 67.5 Å². The zero-order valence-electron chi connectivity index (χ0n) is 11.9. The van der Waals surface area contributed by atoms with E-state index in [1.54, 1.807) is 18.5 Å². The quantitative estimate of drug-likeness (QED) is 0.672. The van der Waals surface area contributed by atoms with Crippen LogP contribution in [0.25, 0.3) is 12.2 Å². The molecule has 0 fully saturated rings. The summed E-state index contributed by atoms with van der Waals surface area (Å²) in [6.45, 7) is 0.550. The summed E-state index contributed by atoms with van der Waals surface area (Å²) in [6, 6.07) is 0. The first kappa shape index (κ1) is 14.1. The molecule has 0 saturated heterocycles. The van der Waals surface area contributed by atoms with Gasteiger partial charge in [-0.3, -0.25) is 14.6 Å². The van der Waals surface area contributed by atoms with Crippen LogP contribution < -0.4 is 27.1 Å². The number of aliphatic imine (C=N–C) groups is 1. The second-order valence-electron chi connectivity index (χ2n) is 5.06. The molecule has 1 aromatic rings. The second-order valence-corrected chi connectivity index (χ2v) is 5.06. The summed E-state index contributed by atoms with van der Waals surface area (Å²) in [4.78, 5) is 33.5. The molecule has 3 rings (SSSR count). The fraction of sp³-hybridized carbons (Fsp3) is 0.188. The Morgan fingerprint density at radius 3 is 2.68 bits per heavy atom. The van der Waals surface area contributed by atoms with E-state index >= 15 is 0 Å². The first-order chi connectivity index (χ1) is 10.7. The van der Waals surface area contributed by atoms with Crippen LogP contribution >= 0.6 is 0 Å². The topological polar surface area (TPSA) is 90.1 Å². The van der Waals surface area contributed by atoms with Crippen LogP contribution in [0.5, 0.6) is 0 Å². The molecule has 0 bridgehead atoms. The van der Waals surface area contributed by atoms with Gasteiger partial charge < -0.3 is 15.3 Å².